The van der Waals surface area contributed by atoms with E-state index in [0.29, 0.717) is 6.54 Å². The number of H-pyrrole nitrogens is 1. The number of halogens is 1. The first-order valence-corrected chi connectivity index (χ1v) is 11.1. The van der Waals surface area contributed by atoms with Crippen LogP contribution in [0, 0.1) is 0 Å². The van der Waals surface area contributed by atoms with Gasteiger partial charge in [0.05, 0.1) is 17.6 Å². The molecule has 0 amide bonds. The van der Waals surface area contributed by atoms with Crippen molar-refractivity contribution in [2.24, 2.45) is 4.99 Å². The molecule has 6 nitrogen and oxygen atoms in total. The SMILES string of the molecule is CCNC(=NCc1ccc(CN2CCCC2)cc1)NCCc1nc2ccccc2[nH]1.I. The zero-order valence-corrected chi connectivity index (χ0v) is 20.6. The van der Waals surface area contributed by atoms with Crippen LogP contribution >= 0.6 is 24.0 Å². The number of nitrogens with zero attached hydrogens (tertiary/aromatic N) is 3. The van der Waals surface area contributed by atoms with Gasteiger partial charge in [0.1, 0.15) is 5.82 Å². The molecule has 0 saturated carbocycles. The molecular formula is C24H33IN6. The van der Waals surface area contributed by atoms with Crippen molar-refractivity contribution in [1.29, 1.82) is 0 Å². The summed E-state index contributed by atoms with van der Waals surface area (Å²) in [5, 5.41) is 6.74. The molecule has 3 aromatic rings. The maximum absolute atomic E-state index is 4.74. The summed E-state index contributed by atoms with van der Waals surface area (Å²) in [7, 11) is 0. The van der Waals surface area contributed by atoms with Gasteiger partial charge in [-0.05, 0) is 56.1 Å². The van der Waals surface area contributed by atoms with Crippen LogP contribution in [0.4, 0.5) is 0 Å². The molecule has 7 heteroatoms. The van der Waals surface area contributed by atoms with Crippen molar-refractivity contribution >= 4 is 41.0 Å². The van der Waals surface area contributed by atoms with Crippen LogP contribution in [0.25, 0.3) is 11.0 Å². The molecule has 0 aliphatic carbocycles. The normalized spacial score (nSPS) is 14.5. The first-order valence-electron chi connectivity index (χ1n) is 11.1. The van der Waals surface area contributed by atoms with Crippen LogP contribution in [-0.2, 0) is 19.5 Å². The fourth-order valence-corrected chi connectivity index (χ4v) is 3.88. The maximum atomic E-state index is 4.74. The third-order valence-electron chi connectivity index (χ3n) is 5.48. The van der Waals surface area contributed by atoms with Crippen LogP contribution < -0.4 is 10.6 Å². The molecule has 1 aliphatic rings. The predicted octanol–water partition coefficient (Wildman–Crippen LogP) is 4.07. The lowest BCUT2D eigenvalue weighted by molar-refractivity contribution is 0.331. The summed E-state index contributed by atoms with van der Waals surface area (Å²) in [4.78, 5) is 15.3. The molecule has 0 spiro atoms. The number of hydrogen-bond acceptors (Lipinski definition) is 3. The molecule has 3 N–H and O–H groups in total. The molecule has 1 aliphatic heterocycles. The van der Waals surface area contributed by atoms with E-state index in [-0.39, 0.29) is 24.0 Å². The quantitative estimate of drug-likeness (QED) is 0.233. The van der Waals surface area contributed by atoms with Gasteiger partial charge in [-0.2, -0.15) is 0 Å². The van der Waals surface area contributed by atoms with Gasteiger partial charge in [-0.3, -0.25) is 4.90 Å². The van der Waals surface area contributed by atoms with Crippen molar-refractivity contribution in [3.63, 3.8) is 0 Å². The van der Waals surface area contributed by atoms with Crippen LogP contribution in [0.2, 0.25) is 0 Å². The van der Waals surface area contributed by atoms with Crippen molar-refractivity contribution in [2.75, 3.05) is 26.2 Å². The molecular weight excluding hydrogens is 499 g/mol. The van der Waals surface area contributed by atoms with Crippen molar-refractivity contribution in [3.05, 3.63) is 65.5 Å². The number of rotatable bonds is 8. The Labute approximate surface area is 202 Å². The van der Waals surface area contributed by atoms with E-state index in [9.17, 15) is 0 Å². The summed E-state index contributed by atoms with van der Waals surface area (Å²) in [5.74, 6) is 1.84. The van der Waals surface area contributed by atoms with Crippen LogP contribution in [0.3, 0.4) is 0 Å². The van der Waals surface area contributed by atoms with Gasteiger partial charge in [0.15, 0.2) is 5.96 Å². The summed E-state index contributed by atoms with van der Waals surface area (Å²) in [6.45, 7) is 7.91. The number of nitrogens with one attached hydrogen (secondary N) is 3. The summed E-state index contributed by atoms with van der Waals surface area (Å²) in [6, 6.07) is 17.0. The molecule has 1 aromatic heterocycles. The lowest BCUT2D eigenvalue weighted by Crippen LogP contribution is -2.38. The highest BCUT2D eigenvalue weighted by Gasteiger charge is 2.11. The number of fused-ring (bicyclic) bond motifs is 1. The third kappa shape index (κ3) is 6.93. The average molecular weight is 532 g/mol. The molecule has 4 rings (SSSR count). The van der Waals surface area contributed by atoms with Gasteiger partial charge in [0, 0.05) is 26.1 Å². The minimum Gasteiger partial charge on any atom is -0.357 e. The van der Waals surface area contributed by atoms with Crippen LogP contribution in [0.1, 0.15) is 36.7 Å². The number of aromatic nitrogens is 2. The number of aliphatic imine (C=N–C) groups is 1. The number of benzene rings is 2. The van der Waals surface area contributed by atoms with Gasteiger partial charge in [0.25, 0.3) is 0 Å². The van der Waals surface area contributed by atoms with Crippen molar-refractivity contribution in [3.8, 4) is 0 Å². The number of likely N-dealkylation sites (tertiary alicyclic amines) is 1. The van der Waals surface area contributed by atoms with Gasteiger partial charge in [-0.1, -0.05) is 36.4 Å². The van der Waals surface area contributed by atoms with E-state index >= 15 is 0 Å². The number of aromatic amines is 1. The number of guanidine groups is 1. The molecule has 0 unspecified atom stereocenters. The fraction of sp³-hybridized carbons (Fsp3) is 0.417. The number of para-hydroxylation sites is 2. The molecule has 0 atom stereocenters. The molecule has 166 valence electrons. The first-order chi connectivity index (χ1) is 14.8. The maximum Gasteiger partial charge on any atom is 0.191 e. The Hall–Kier alpha value is -2.13. The summed E-state index contributed by atoms with van der Waals surface area (Å²) < 4.78 is 0. The van der Waals surface area contributed by atoms with Crippen LogP contribution in [0.5, 0.6) is 0 Å². The second kappa shape index (κ2) is 12.0. The van der Waals surface area contributed by atoms with Gasteiger partial charge in [-0.25, -0.2) is 9.98 Å². The lowest BCUT2D eigenvalue weighted by Gasteiger charge is -2.14. The Kier molecular flexibility index (Phi) is 9.14. The Bertz CT molecular complexity index is 927. The number of imidazole rings is 1. The molecule has 2 aromatic carbocycles. The van der Waals surface area contributed by atoms with E-state index in [1.807, 2.05) is 18.2 Å². The van der Waals surface area contributed by atoms with Gasteiger partial charge in [0.2, 0.25) is 0 Å². The smallest absolute Gasteiger partial charge is 0.191 e. The molecule has 1 fully saturated rings. The topological polar surface area (TPSA) is 68.3 Å². The highest BCUT2D eigenvalue weighted by atomic mass is 127. The lowest BCUT2D eigenvalue weighted by atomic mass is 10.1. The van der Waals surface area contributed by atoms with E-state index in [0.717, 1.165) is 48.9 Å². The molecule has 0 radical (unpaired) electrons. The van der Waals surface area contributed by atoms with Crippen molar-refractivity contribution in [1.82, 2.24) is 25.5 Å². The van der Waals surface area contributed by atoms with Crippen LogP contribution in [-0.4, -0.2) is 47.0 Å². The predicted molar refractivity (Wildman–Crippen MR) is 139 cm³/mol. The van der Waals surface area contributed by atoms with Gasteiger partial charge >= 0.3 is 0 Å². The molecule has 31 heavy (non-hydrogen) atoms. The highest BCUT2D eigenvalue weighted by molar-refractivity contribution is 14.0. The molecule has 0 bridgehead atoms. The second-order valence-corrected chi connectivity index (χ2v) is 7.87. The zero-order valence-electron chi connectivity index (χ0n) is 18.2. The molecule has 1 saturated heterocycles. The Morgan fingerprint density at radius 2 is 1.77 bits per heavy atom. The van der Waals surface area contributed by atoms with Gasteiger partial charge in [-0.15, -0.1) is 24.0 Å². The minimum absolute atomic E-state index is 0. The van der Waals surface area contributed by atoms with E-state index < -0.39 is 0 Å². The van der Waals surface area contributed by atoms with E-state index in [4.69, 9.17) is 4.99 Å². The summed E-state index contributed by atoms with van der Waals surface area (Å²) >= 11 is 0. The van der Waals surface area contributed by atoms with E-state index in [1.165, 1.54) is 37.1 Å². The summed E-state index contributed by atoms with van der Waals surface area (Å²) in [5.41, 5.74) is 4.72. The fourth-order valence-electron chi connectivity index (χ4n) is 3.88. The van der Waals surface area contributed by atoms with E-state index in [1.54, 1.807) is 0 Å². The Morgan fingerprint density at radius 1 is 1.03 bits per heavy atom. The zero-order chi connectivity index (χ0) is 20.6. The highest BCUT2D eigenvalue weighted by Crippen LogP contribution is 2.14. The monoisotopic (exact) mass is 532 g/mol. The van der Waals surface area contributed by atoms with Crippen LogP contribution in [0.15, 0.2) is 53.5 Å². The average Bonchev–Trinajstić information content (AvgIpc) is 3.42. The van der Waals surface area contributed by atoms with Crippen molar-refractivity contribution < 1.29 is 0 Å². The minimum atomic E-state index is 0. The number of hydrogen-bond donors (Lipinski definition) is 3. The van der Waals surface area contributed by atoms with Crippen molar-refractivity contribution in [2.45, 2.75) is 39.3 Å². The standard InChI is InChI=1S/C24H32N6.HI/c1-2-25-24(26-14-13-23-28-21-7-3-4-8-22(21)29-23)27-17-19-9-11-20(12-10-19)18-30-15-5-6-16-30;/h3-4,7-12H,2,5-6,13-18H2,1H3,(H,28,29)(H2,25,26,27);1H. The summed E-state index contributed by atoms with van der Waals surface area (Å²) in [6.07, 6.45) is 3.50. The first kappa shape index (κ1) is 23.5. The Balaban J connectivity index is 0.00000272. The Morgan fingerprint density at radius 3 is 2.52 bits per heavy atom. The third-order valence-corrected chi connectivity index (χ3v) is 5.48. The molecule has 2 heterocycles. The largest absolute Gasteiger partial charge is 0.357 e. The second-order valence-electron chi connectivity index (χ2n) is 7.87. The van der Waals surface area contributed by atoms with Gasteiger partial charge < -0.3 is 15.6 Å². The van der Waals surface area contributed by atoms with E-state index in [2.05, 4.69) is 62.8 Å².